The second-order valence-electron chi connectivity index (χ2n) is 6.39. The molecule has 1 aliphatic carbocycles. The van der Waals surface area contributed by atoms with Crippen molar-refractivity contribution in [1.29, 1.82) is 0 Å². The number of rotatable bonds is 6. The van der Waals surface area contributed by atoms with Crippen LogP contribution in [0.2, 0.25) is 0 Å². The molecule has 1 unspecified atom stereocenters. The Morgan fingerprint density at radius 1 is 1.40 bits per heavy atom. The number of anilines is 1. The van der Waals surface area contributed by atoms with Crippen molar-refractivity contribution in [2.24, 2.45) is 11.7 Å². The molecule has 0 aromatic heterocycles. The molecule has 0 spiro atoms. The molecule has 110 valence electrons. The summed E-state index contributed by atoms with van der Waals surface area (Å²) in [7, 11) is 2.19. The quantitative estimate of drug-likeness (QED) is 0.836. The summed E-state index contributed by atoms with van der Waals surface area (Å²) < 4.78 is 0. The predicted octanol–water partition coefficient (Wildman–Crippen LogP) is 2.46. The van der Waals surface area contributed by atoms with Crippen molar-refractivity contribution >= 4 is 5.69 Å². The minimum absolute atomic E-state index is 0.311. The Hall–Kier alpha value is -1.06. The van der Waals surface area contributed by atoms with E-state index in [4.69, 9.17) is 5.73 Å². The Labute approximate surface area is 122 Å². The van der Waals surface area contributed by atoms with Gasteiger partial charge in [-0.25, -0.2) is 0 Å². The summed E-state index contributed by atoms with van der Waals surface area (Å²) in [4.78, 5) is 2.36. The van der Waals surface area contributed by atoms with Crippen LogP contribution in [0.3, 0.4) is 0 Å². The van der Waals surface area contributed by atoms with Gasteiger partial charge in [-0.3, -0.25) is 0 Å². The maximum Gasteiger partial charge on any atom is 0.0444 e. The fourth-order valence-corrected chi connectivity index (χ4v) is 3.23. The Kier molecular flexibility index (Phi) is 4.27. The summed E-state index contributed by atoms with van der Waals surface area (Å²) in [6.45, 7) is 2.95. The fourth-order valence-electron chi connectivity index (χ4n) is 3.23. The Bertz CT molecular complexity index is 454. The highest BCUT2D eigenvalue weighted by atomic mass is 15.1. The van der Waals surface area contributed by atoms with E-state index in [1.165, 1.54) is 55.5 Å². The van der Waals surface area contributed by atoms with Crippen molar-refractivity contribution in [3.05, 3.63) is 29.3 Å². The lowest BCUT2D eigenvalue weighted by atomic mass is 9.96. The predicted molar refractivity (Wildman–Crippen MR) is 85.2 cm³/mol. The second-order valence-corrected chi connectivity index (χ2v) is 6.39. The topological polar surface area (TPSA) is 41.3 Å². The molecule has 1 heterocycles. The SMILES string of the molecule is CN1CCCc2cc(C(CN)NCCC3CC3)ccc21. The standard InChI is InChI=1S/C17H27N3/c1-20-10-2-3-15-11-14(6-7-17(15)20)16(12-18)19-9-8-13-4-5-13/h6-7,11,13,16,19H,2-5,8-10,12,18H2,1H3. The van der Waals surface area contributed by atoms with Crippen LogP contribution < -0.4 is 16.0 Å². The van der Waals surface area contributed by atoms with Crippen molar-refractivity contribution < 1.29 is 0 Å². The zero-order valence-electron chi connectivity index (χ0n) is 12.6. The van der Waals surface area contributed by atoms with Gasteiger partial charge >= 0.3 is 0 Å². The van der Waals surface area contributed by atoms with E-state index in [1.54, 1.807) is 0 Å². The minimum Gasteiger partial charge on any atom is -0.374 e. The normalized spacial score (nSPS) is 19.8. The Morgan fingerprint density at radius 2 is 2.25 bits per heavy atom. The van der Waals surface area contributed by atoms with Gasteiger partial charge in [0.25, 0.3) is 0 Å². The van der Waals surface area contributed by atoms with Crippen LogP contribution in [0.5, 0.6) is 0 Å². The van der Waals surface area contributed by atoms with Gasteiger partial charge in [0.2, 0.25) is 0 Å². The molecule has 1 aliphatic heterocycles. The van der Waals surface area contributed by atoms with E-state index in [2.05, 4.69) is 35.5 Å². The van der Waals surface area contributed by atoms with E-state index in [1.807, 2.05) is 0 Å². The molecule has 0 saturated heterocycles. The summed E-state index contributed by atoms with van der Waals surface area (Å²) in [5, 5.41) is 3.64. The number of nitrogens with two attached hydrogens (primary N) is 1. The number of fused-ring (bicyclic) bond motifs is 1. The lowest BCUT2D eigenvalue weighted by molar-refractivity contribution is 0.515. The highest BCUT2D eigenvalue weighted by Gasteiger charge is 2.21. The van der Waals surface area contributed by atoms with Crippen LogP contribution in [0.15, 0.2) is 18.2 Å². The molecule has 0 radical (unpaired) electrons. The summed E-state index contributed by atoms with van der Waals surface area (Å²) in [5.74, 6) is 0.984. The third-order valence-electron chi connectivity index (χ3n) is 4.73. The van der Waals surface area contributed by atoms with E-state index >= 15 is 0 Å². The van der Waals surface area contributed by atoms with Gasteiger partial charge in [-0.2, -0.15) is 0 Å². The molecule has 1 aromatic carbocycles. The molecular weight excluding hydrogens is 246 g/mol. The number of aryl methyl sites for hydroxylation is 1. The summed E-state index contributed by atoms with van der Waals surface area (Å²) in [6.07, 6.45) is 6.63. The van der Waals surface area contributed by atoms with E-state index in [0.29, 0.717) is 12.6 Å². The first-order valence-electron chi connectivity index (χ1n) is 8.05. The van der Waals surface area contributed by atoms with E-state index in [9.17, 15) is 0 Å². The molecule has 1 aromatic rings. The highest BCUT2D eigenvalue weighted by molar-refractivity contribution is 5.56. The lowest BCUT2D eigenvalue weighted by Gasteiger charge is -2.29. The first kappa shape index (κ1) is 13.9. The average Bonchev–Trinajstić information content (AvgIpc) is 3.28. The van der Waals surface area contributed by atoms with Gasteiger partial charge in [0, 0.05) is 31.9 Å². The molecule has 20 heavy (non-hydrogen) atoms. The molecule has 2 aliphatic rings. The Balaban J connectivity index is 1.67. The monoisotopic (exact) mass is 273 g/mol. The highest BCUT2D eigenvalue weighted by Crippen LogP contribution is 2.32. The van der Waals surface area contributed by atoms with E-state index in [0.717, 1.165) is 12.5 Å². The van der Waals surface area contributed by atoms with Crippen LogP contribution in [0, 0.1) is 5.92 Å². The van der Waals surface area contributed by atoms with Crippen molar-refractivity contribution in [2.45, 2.75) is 38.1 Å². The molecule has 3 N–H and O–H groups in total. The van der Waals surface area contributed by atoms with Crippen molar-refractivity contribution in [3.63, 3.8) is 0 Å². The second kappa shape index (κ2) is 6.15. The largest absolute Gasteiger partial charge is 0.374 e. The van der Waals surface area contributed by atoms with Crippen molar-refractivity contribution in [2.75, 3.05) is 31.6 Å². The minimum atomic E-state index is 0.311. The fraction of sp³-hybridized carbons (Fsp3) is 0.647. The van der Waals surface area contributed by atoms with Crippen LogP contribution in [-0.4, -0.2) is 26.7 Å². The summed E-state index contributed by atoms with van der Waals surface area (Å²) in [5.41, 5.74) is 10.2. The van der Waals surface area contributed by atoms with Gasteiger partial charge in [-0.05, 0) is 48.9 Å². The molecule has 3 heteroatoms. The van der Waals surface area contributed by atoms with Crippen molar-refractivity contribution in [1.82, 2.24) is 5.32 Å². The zero-order chi connectivity index (χ0) is 13.9. The maximum absolute atomic E-state index is 5.97. The summed E-state index contributed by atoms with van der Waals surface area (Å²) in [6, 6.07) is 7.20. The smallest absolute Gasteiger partial charge is 0.0444 e. The van der Waals surface area contributed by atoms with Crippen LogP contribution in [-0.2, 0) is 6.42 Å². The molecular formula is C17H27N3. The Morgan fingerprint density at radius 3 is 3.00 bits per heavy atom. The molecule has 0 amide bonds. The van der Waals surface area contributed by atoms with Gasteiger partial charge in [0.05, 0.1) is 0 Å². The molecule has 1 saturated carbocycles. The van der Waals surface area contributed by atoms with Crippen LogP contribution >= 0.6 is 0 Å². The zero-order valence-corrected chi connectivity index (χ0v) is 12.6. The van der Waals surface area contributed by atoms with Crippen LogP contribution in [0.25, 0.3) is 0 Å². The molecule has 0 bridgehead atoms. The molecule has 1 atom stereocenters. The van der Waals surface area contributed by atoms with Crippen LogP contribution in [0.1, 0.15) is 42.9 Å². The third-order valence-corrected chi connectivity index (χ3v) is 4.73. The molecule has 3 nitrogen and oxygen atoms in total. The van der Waals surface area contributed by atoms with Gasteiger partial charge in [0.15, 0.2) is 0 Å². The first-order chi connectivity index (χ1) is 9.78. The number of benzene rings is 1. The number of nitrogens with one attached hydrogen (secondary N) is 1. The number of hydrogen-bond acceptors (Lipinski definition) is 3. The third kappa shape index (κ3) is 3.15. The summed E-state index contributed by atoms with van der Waals surface area (Å²) >= 11 is 0. The maximum atomic E-state index is 5.97. The van der Waals surface area contributed by atoms with Gasteiger partial charge in [-0.15, -0.1) is 0 Å². The molecule has 1 fully saturated rings. The number of nitrogens with zero attached hydrogens (tertiary/aromatic N) is 1. The lowest BCUT2D eigenvalue weighted by Crippen LogP contribution is -2.30. The number of hydrogen-bond donors (Lipinski definition) is 2. The van der Waals surface area contributed by atoms with Gasteiger partial charge in [0.1, 0.15) is 0 Å². The van der Waals surface area contributed by atoms with Gasteiger partial charge in [-0.1, -0.05) is 25.0 Å². The van der Waals surface area contributed by atoms with Crippen molar-refractivity contribution in [3.8, 4) is 0 Å². The molecule has 3 rings (SSSR count). The average molecular weight is 273 g/mol. The van der Waals surface area contributed by atoms with E-state index in [-0.39, 0.29) is 0 Å². The van der Waals surface area contributed by atoms with Crippen LogP contribution in [0.4, 0.5) is 5.69 Å². The first-order valence-corrected chi connectivity index (χ1v) is 8.05. The van der Waals surface area contributed by atoms with E-state index < -0.39 is 0 Å². The van der Waals surface area contributed by atoms with Gasteiger partial charge < -0.3 is 16.0 Å².